The molecule has 10 heteroatoms. The minimum Gasteiger partial charge on any atom is -0.465 e. The number of carbonyl (C=O) groups excluding carboxylic acids is 1. The van der Waals surface area contributed by atoms with Crippen LogP contribution < -0.4 is 16.6 Å². The van der Waals surface area contributed by atoms with E-state index in [9.17, 15) is 14.8 Å². The van der Waals surface area contributed by atoms with E-state index >= 15 is 0 Å². The molecule has 1 aromatic carbocycles. The number of methoxy groups -OCH3 is 1. The summed E-state index contributed by atoms with van der Waals surface area (Å²) in [6.45, 7) is 0. The van der Waals surface area contributed by atoms with E-state index < -0.39 is 24.6 Å². The smallest absolute Gasteiger partial charge is 0.465 e. The van der Waals surface area contributed by atoms with Crippen molar-refractivity contribution in [1.29, 1.82) is 10.7 Å². The molecule has 0 radical (unpaired) electrons. The van der Waals surface area contributed by atoms with E-state index in [1.165, 1.54) is 25.3 Å². The number of esters is 1. The van der Waals surface area contributed by atoms with Crippen molar-refractivity contribution >= 4 is 35.8 Å². The molecule has 0 aliphatic rings. The van der Waals surface area contributed by atoms with Crippen LogP contribution in [0.2, 0.25) is 0 Å². The fraction of sp³-hybridized carbons (Fsp3) is 0.0909. The molecule has 108 valence electrons. The van der Waals surface area contributed by atoms with E-state index in [-0.39, 0.29) is 16.7 Å². The summed E-state index contributed by atoms with van der Waals surface area (Å²) in [5.74, 6) is -1.19. The van der Waals surface area contributed by atoms with Crippen LogP contribution in [0.4, 0.5) is 5.69 Å². The normalized spacial score (nSPS) is 10.5. The van der Waals surface area contributed by atoms with Gasteiger partial charge >= 0.3 is 13.1 Å². The SMILES string of the molecule is COC(=O)c1ccc(B(O)O)c(N/N=C(\C#N)C(=N)N)c1. The maximum Gasteiger partial charge on any atom is 0.490 e. The molecule has 0 aliphatic heterocycles. The molecule has 0 bridgehead atoms. The van der Waals surface area contributed by atoms with Crippen molar-refractivity contribution in [1.82, 2.24) is 0 Å². The Morgan fingerprint density at radius 1 is 1.57 bits per heavy atom. The van der Waals surface area contributed by atoms with Gasteiger partial charge in [-0.1, -0.05) is 6.07 Å². The molecule has 0 atom stereocenters. The number of anilines is 1. The number of hydrazone groups is 1. The first-order chi connectivity index (χ1) is 9.90. The van der Waals surface area contributed by atoms with Crippen molar-refractivity contribution in [3.05, 3.63) is 23.8 Å². The van der Waals surface area contributed by atoms with Gasteiger partial charge in [0.1, 0.15) is 6.07 Å². The third-order valence-electron chi connectivity index (χ3n) is 2.40. The Kier molecular flexibility index (Phi) is 5.42. The van der Waals surface area contributed by atoms with Gasteiger partial charge in [-0.15, -0.1) is 0 Å². The van der Waals surface area contributed by atoms with Crippen molar-refractivity contribution in [2.24, 2.45) is 10.8 Å². The molecule has 9 nitrogen and oxygen atoms in total. The lowest BCUT2D eigenvalue weighted by atomic mass is 9.78. The number of carbonyl (C=O) groups is 1. The van der Waals surface area contributed by atoms with Crippen molar-refractivity contribution < 1.29 is 19.6 Å². The number of nitrogens with two attached hydrogens (primary N) is 1. The van der Waals surface area contributed by atoms with Gasteiger partial charge in [0, 0.05) is 5.46 Å². The van der Waals surface area contributed by atoms with E-state index in [0.717, 1.165) is 0 Å². The zero-order valence-electron chi connectivity index (χ0n) is 11.0. The monoisotopic (exact) mass is 289 g/mol. The van der Waals surface area contributed by atoms with Gasteiger partial charge in [-0.2, -0.15) is 10.4 Å². The lowest BCUT2D eigenvalue weighted by Crippen LogP contribution is -2.32. The van der Waals surface area contributed by atoms with Gasteiger partial charge in [-0.3, -0.25) is 10.8 Å². The third kappa shape index (κ3) is 4.03. The van der Waals surface area contributed by atoms with E-state index in [1.54, 1.807) is 6.07 Å². The zero-order chi connectivity index (χ0) is 16.0. The summed E-state index contributed by atoms with van der Waals surface area (Å²) < 4.78 is 4.54. The van der Waals surface area contributed by atoms with Crippen LogP contribution in [-0.4, -0.2) is 41.8 Å². The highest BCUT2D eigenvalue weighted by Gasteiger charge is 2.18. The molecule has 0 aromatic heterocycles. The number of hydrogen-bond donors (Lipinski definition) is 5. The fourth-order valence-corrected chi connectivity index (χ4v) is 1.38. The number of hydrogen-bond acceptors (Lipinski definition) is 8. The molecule has 0 fully saturated rings. The summed E-state index contributed by atoms with van der Waals surface area (Å²) in [7, 11) is -0.622. The van der Waals surface area contributed by atoms with Crippen molar-refractivity contribution in [3.63, 3.8) is 0 Å². The Hall–Kier alpha value is -2.90. The Morgan fingerprint density at radius 2 is 2.24 bits per heavy atom. The Morgan fingerprint density at radius 3 is 2.71 bits per heavy atom. The second-order valence-electron chi connectivity index (χ2n) is 3.76. The quantitative estimate of drug-likeness (QED) is 0.143. The first-order valence-corrected chi connectivity index (χ1v) is 5.57. The number of ether oxygens (including phenoxy) is 1. The van der Waals surface area contributed by atoms with Crippen LogP contribution in [0.15, 0.2) is 23.3 Å². The average Bonchev–Trinajstić information content (AvgIpc) is 2.46. The summed E-state index contributed by atoms with van der Waals surface area (Å²) in [6.07, 6.45) is 0. The molecule has 6 N–H and O–H groups in total. The van der Waals surface area contributed by atoms with Crippen molar-refractivity contribution in [2.45, 2.75) is 0 Å². The summed E-state index contributed by atoms with van der Waals surface area (Å²) in [5, 5.41) is 37.9. The predicted octanol–water partition coefficient (Wildman–Crippen LogP) is -1.62. The highest BCUT2D eigenvalue weighted by molar-refractivity contribution is 6.60. The number of nitriles is 1. The van der Waals surface area contributed by atoms with Crippen LogP contribution in [0, 0.1) is 16.7 Å². The van der Waals surface area contributed by atoms with Gasteiger partial charge in [0.05, 0.1) is 18.4 Å². The highest BCUT2D eigenvalue weighted by atomic mass is 16.5. The largest absolute Gasteiger partial charge is 0.490 e. The van der Waals surface area contributed by atoms with Crippen molar-refractivity contribution in [2.75, 3.05) is 12.5 Å². The Labute approximate surface area is 120 Å². The Balaban J connectivity index is 3.22. The molecule has 1 rings (SSSR count). The number of nitrogens with one attached hydrogen (secondary N) is 2. The number of benzene rings is 1. The van der Waals surface area contributed by atoms with E-state index in [0.29, 0.717) is 0 Å². The van der Waals surface area contributed by atoms with Gasteiger partial charge in [-0.25, -0.2) is 4.79 Å². The molecule has 0 heterocycles. The molecule has 21 heavy (non-hydrogen) atoms. The number of rotatable bonds is 5. The molecule has 0 spiro atoms. The van der Waals surface area contributed by atoms with E-state index in [1.807, 2.05) is 0 Å². The molecule has 1 aromatic rings. The molecule has 0 unspecified atom stereocenters. The van der Waals surface area contributed by atoms with Crippen LogP contribution in [0.5, 0.6) is 0 Å². The van der Waals surface area contributed by atoms with Crippen LogP contribution >= 0.6 is 0 Å². The zero-order valence-corrected chi connectivity index (χ0v) is 11.0. The topological polar surface area (TPSA) is 165 Å². The maximum absolute atomic E-state index is 11.4. The Bertz CT molecular complexity index is 638. The second kappa shape index (κ2) is 7.04. The fourth-order valence-electron chi connectivity index (χ4n) is 1.38. The summed E-state index contributed by atoms with van der Waals surface area (Å²) in [4.78, 5) is 11.4. The molecule has 0 amide bonds. The van der Waals surface area contributed by atoms with Crippen LogP contribution in [0.1, 0.15) is 10.4 Å². The minimum absolute atomic E-state index is 0.0206. The van der Waals surface area contributed by atoms with Gasteiger partial charge in [0.2, 0.25) is 5.71 Å². The maximum atomic E-state index is 11.4. The predicted molar refractivity (Wildman–Crippen MR) is 76.2 cm³/mol. The lowest BCUT2D eigenvalue weighted by Gasteiger charge is -2.10. The summed E-state index contributed by atoms with van der Waals surface area (Å²) in [5.41, 5.74) is 7.32. The molecule has 0 saturated carbocycles. The van der Waals surface area contributed by atoms with Crippen LogP contribution in [0.3, 0.4) is 0 Å². The van der Waals surface area contributed by atoms with Crippen molar-refractivity contribution in [3.8, 4) is 6.07 Å². The first-order valence-electron chi connectivity index (χ1n) is 5.57. The van der Waals surface area contributed by atoms with Crippen LogP contribution in [-0.2, 0) is 4.74 Å². The molecule has 0 saturated heterocycles. The van der Waals surface area contributed by atoms with E-state index in [4.69, 9.17) is 16.4 Å². The average molecular weight is 289 g/mol. The first kappa shape index (κ1) is 16.2. The second-order valence-corrected chi connectivity index (χ2v) is 3.76. The van der Waals surface area contributed by atoms with E-state index in [2.05, 4.69) is 15.3 Å². The van der Waals surface area contributed by atoms with Gasteiger partial charge in [0.15, 0.2) is 5.84 Å². The minimum atomic E-state index is -1.82. The standard InChI is InChI=1S/C11H12BN5O4/c1-21-11(18)6-2-3-7(12(19)20)8(4-6)16-17-9(5-13)10(14)15/h2-4,16,19-20H,1H3,(H3,14,15)/b17-9+. The third-order valence-corrected chi connectivity index (χ3v) is 2.40. The summed E-state index contributed by atoms with van der Waals surface area (Å²) in [6, 6.07) is 5.48. The number of nitrogens with zero attached hydrogens (tertiary/aromatic N) is 2. The van der Waals surface area contributed by atoms with Gasteiger partial charge < -0.3 is 20.5 Å². The highest BCUT2D eigenvalue weighted by Crippen LogP contribution is 2.10. The molecule has 0 aliphatic carbocycles. The van der Waals surface area contributed by atoms with Crippen LogP contribution in [0.25, 0.3) is 0 Å². The lowest BCUT2D eigenvalue weighted by molar-refractivity contribution is 0.0601. The van der Waals surface area contributed by atoms with Gasteiger partial charge in [0.25, 0.3) is 0 Å². The number of amidine groups is 1. The summed E-state index contributed by atoms with van der Waals surface area (Å²) >= 11 is 0. The van der Waals surface area contributed by atoms with Gasteiger partial charge in [-0.05, 0) is 12.1 Å². The molecular formula is C11H12BN5O4. The molecular weight excluding hydrogens is 277 g/mol.